The number of benzene rings is 1. The van der Waals surface area contributed by atoms with Gasteiger partial charge in [0, 0.05) is 45.0 Å². The van der Waals surface area contributed by atoms with Gasteiger partial charge in [-0.15, -0.1) is 0 Å². The molecular weight excluding hydrogens is 318 g/mol. The highest BCUT2D eigenvalue weighted by Gasteiger charge is 2.28. The average molecular weight is 340 g/mol. The lowest BCUT2D eigenvalue weighted by Gasteiger charge is -2.33. The molecule has 2 aliphatic rings. The summed E-state index contributed by atoms with van der Waals surface area (Å²) in [5, 5.41) is 3.00. The van der Waals surface area contributed by atoms with Crippen LogP contribution in [-0.4, -0.2) is 55.9 Å². The zero-order chi connectivity index (χ0) is 16.9. The molecule has 0 radical (unpaired) electrons. The van der Waals surface area contributed by atoms with Crippen LogP contribution in [-0.2, 0) is 20.8 Å². The van der Waals surface area contributed by atoms with E-state index in [-0.39, 0.29) is 11.9 Å². The van der Waals surface area contributed by atoms with Gasteiger partial charge in [-0.05, 0) is 30.5 Å². The quantitative estimate of drug-likeness (QED) is 0.902. The number of rotatable bonds is 4. The first-order valence-electron chi connectivity index (χ1n) is 8.27. The molecule has 5 nitrogen and oxygen atoms in total. The summed E-state index contributed by atoms with van der Waals surface area (Å²) in [6.07, 6.45) is 1.06. The van der Waals surface area contributed by atoms with Crippen molar-refractivity contribution in [3.8, 4) is 0 Å². The molecule has 24 heavy (non-hydrogen) atoms. The molecule has 0 saturated carbocycles. The minimum absolute atomic E-state index is 0.127. The first-order chi connectivity index (χ1) is 11.6. The minimum atomic E-state index is -0.591. The van der Waals surface area contributed by atoms with Crippen LogP contribution in [0.25, 0.3) is 0 Å². The fraction of sp³-hybridized carbons (Fsp3) is 0.588. The Balaban J connectivity index is 1.54. The molecule has 0 aromatic heterocycles. The van der Waals surface area contributed by atoms with E-state index in [4.69, 9.17) is 9.47 Å². The fourth-order valence-corrected chi connectivity index (χ4v) is 3.10. The second kappa shape index (κ2) is 8.00. The smallest absolute Gasteiger partial charge is 0.250 e. The summed E-state index contributed by atoms with van der Waals surface area (Å²) in [6.45, 7) is 3.16. The highest BCUT2D eigenvalue weighted by atomic mass is 19.1. The maximum atomic E-state index is 13.3. The second-order valence-electron chi connectivity index (χ2n) is 6.27. The molecule has 0 bridgehead atoms. The molecule has 1 aromatic rings. The number of nitrogens with zero attached hydrogens (tertiary/aromatic N) is 1. The first-order valence-corrected chi connectivity index (χ1v) is 8.27. The lowest BCUT2D eigenvalue weighted by atomic mass is 10.1. The fourth-order valence-electron chi connectivity index (χ4n) is 3.10. The lowest BCUT2D eigenvalue weighted by Crippen LogP contribution is -2.52. The number of carbonyl (C=O) groups excluding carboxylic acids is 1. The Labute approximate surface area is 139 Å². The van der Waals surface area contributed by atoms with Crippen molar-refractivity contribution < 1.29 is 23.0 Å². The number of amides is 1. The normalized spacial score (nSPS) is 23.2. The Kier molecular flexibility index (Phi) is 5.76. The van der Waals surface area contributed by atoms with Crippen LogP contribution in [0.5, 0.6) is 0 Å². The van der Waals surface area contributed by atoms with Crippen LogP contribution in [0.1, 0.15) is 18.4 Å². The maximum absolute atomic E-state index is 13.3. The van der Waals surface area contributed by atoms with Crippen LogP contribution in [0.15, 0.2) is 18.2 Å². The number of hydrogen-bond acceptors (Lipinski definition) is 4. The molecule has 7 heteroatoms. The van der Waals surface area contributed by atoms with Gasteiger partial charge in [0.1, 0.15) is 17.7 Å². The topological polar surface area (TPSA) is 50.8 Å². The molecule has 1 atom stereocenters. The van der Waals surface area contributed by atoms with Crippen LogP contribution in [0.3, 0.4) is 0 Å². The largest absolute Gasteiger partial charge is 0.381 e. The Hall–Kier alpha value is -1.57. The van der Waals surface area contributed by atoms with Crippen molar-refractivity contribution >= 4 is 5.91 Å². The van der Waals surface area contributed by atoms with Crippen molar-refractivity contribution in [3.63, 3.8) is 0 Å². The third-order valence-corrected chi connectivity index (χ3v) is 4.34. The van der Waals surface area contributed by atoms with Gasteiger partial charge in [-0.3, -0.25) is 9.69 Å². The van der Waals surface area contributed by atoms with Crippen molar-refractivity contribution in [3.05, 3.63) is 35.4 Å². The van der Waals surface area contributed by atoms with E-state index in [1.54, 1.807) is 0 Å². The molecule has 3 rings (SSSR count). The van der Waals surface area contributed by atoms with Crippen LogP contribution in [0.4, 0.5) is 8.78 Å². The summed E-state index contributed by atoms with van der Waals surface area (Å²) < 4.78 is 37.4. The summed E-state index contributed by atoms with van der Waals surface area (Å²) in [6, 6.07) is 3.61. The van der Waals surface area contributed by atoms with Crippen LogP contribution in [0.2, 0.25) is 0 Å². The molecule has 1 N–H and O–H groups in total. The van der Waals surface area contributed by atoms with Crippen LogP contribution >= 0.6 is 0 Å². The van der Waals surface area contributed by atoms with Gasteiger partial charge in [0.25, 0.3) is 5.91 Å². The summed E-state index contributed by atoms with van der Waals surface area (Å²) >= 11 is 0. The average Bonchev–Trinajstić information content (AvgIpc) is 2.55. The van der Waals surface area contributed by atoms with Crippen molar-refractivity contribution in [2.45, 2.75) is 31.5 Å². The number of carbonyl (C=O) groups is 1. The van der Waals surface area contributed by atoms with Gasteiger partial charge >= 0.3 is 0 Å². The third kappa shape index (κ3) is 4.72. The number of morpholine rings is 1. The Bertz CT molecular complexity index is 559. The summed E-state index contributed by atoms with van der Waals surface area (Å²) in [4.78, 5) is 14.3. The van der Waals surface area contributed by atoms with E-state index in [9.17, 15) is 13.6 Å². The van der Waals surface area contributed by atoms with Gasteiger partial charge in [-0.25, -0.2) is 8.78 Å². The molecule has 0 spiro atoms. The van der Waals surface area contributed by atoms with Gasteiger partial charge in [0.15, 0.2) is 0 Å². The Morgan fingerprint density at radius 2 is 1.88 bits per heavy atom. The van der Waals surface area contributed by atoms with Gasteiger partial charge in [0.2, 0.25) is 0 Å². The third-order valence-electron chi connectivity index (χ3n) is 4.34. The van der Waals surface area contributed by atoms with E-state index in [1.165, 1.54) is 12.1 Å². The van der Waals surface area contributed by atoms with Gasteiger partial charge < -0.3 is 14.8 Å². The zero-order valence-corrected chi connectivity index (χ0v) is 13.5. The maximum Gasteiger partial charge on any atom is 0.250 e. The van der Waals surface area contributed by atoms with Crippen LogP contribution < -0.4 is 5.32 Å². The van der Waals surface area contributed by atoms with Crippen molar-refractivity contribution in [1.82, 2.24) is 10.2 Å². The molecule has 2 fully saturated rings. The van der Waals surface area contributed by atoms with Crippen molar-refractivity contribution in [2.75, 3.05) is 32.9 Å². The van der Waals surface area contributed by atoms with Gasteiger partial charge in [0.05, 0.1) is 6.61 Å². The molecule has 132 valence electrons. The lowest BCUT2D eigenvalue weighted by molar-refractivity contribution is -0.140. The number of halogens is 2. The van der Waals surface area contributed by atoms with Gasteiger partial charge in [-0.1, -0.05) is 0 Å². The van der Waals surface area contributed by atoms with E-state index in [0.29, 0.717) is 45.0 Å². The molecule has 1 amide bonds. The van der Waals surface area contributed by atoms with E-state index in [1.807, 2.05) is 4.90 Å². The molecular formula is C17H22F2N2O3. The number of hydrogen-bond donors (Lipinski definition) is 1. The monoisotopic (exact) mass is 340 g/mol. The summed E-state index contributed by atoms with van der Waals surface area (Å²) in [7, 11) is 0. The second-order valence-corrected chi connectivity index (χ2v) is 6.27. The van der Waals surface area contributed by atoms with E-state index in [0.717, 1.165) is 18.9 Å². The van der Waals surface area contributed by atoms with E-state index < -0.39 is 17.7 Å². The Morgan fingerprint density at radius 1 is 1.17 bits per heavy atom. The van der Waals surface area contributed by atoms with Crippen LogP contribution in [0, 0.1) is 11.6 Å². The molecule has 2 aliphatic heterocycles. The number of ether oxygens (including phenoxy) is 2. The predicted octanol–water partition coefficient (Wildman–Crippen LogP) is 1.46. The SMILES string of the molecule is O=C(NC1CCOCC1)C1CN(Cc2cc(F)cc(F)c2)CCO1. The van der Waals surface area contributed by atoms with Gasteiger partial charge in [-0.2, -0.15) is 0 Å². The number of nitrogens with one attached hydrogen (secondary N) is 1. The molecule has 0 aliphatic carbocycles. The Morgan fingerprint density at radius 3 is 2.58 bits per heavy atom. The van der Waals surface area contributed by atoms with E-state index >= 15 is 0 Å². The predicted molar refractivity (Wildman–Crippen MR) is 83.4 cm³/mol. The van der Waals surface area contributed by atoms with Crippen molar-refractivity contribution in [1.29, 1.82) is 0 Å². The molecule has 1 aromatic carbocycles. The highest BCUT2D eigenvalue weighted by Crippen LogP contribution is 2.14. The molecule has 2 heterocycles. The van der Waals surface area contributed by atoms with E-state index in [2.05, 4.69) is 5.32 Å². The summed E-state index contributed by atoms with van der Waals surface area (Å²) in [5.74, 6) is -1.31. The molecule has 2 saturated heterocycles. The highest BCUT2D eigenvalue weighted by molar-refractivity contribution is 5.81. The van der Waals surface area contributed by atoms with Crippen molar-refractivity contribution in [2.24, 2.45) is 0 Å². The standard InChI is InChI=1S/C17H22F2N2O3/c18-13-7-12(8-14(19)9-13)10-21-3-6-24-16(11-21)17(22)20-15-1-4-23-5-2-15/h7-9,15-16H,1-6,10-11H2,(H,20,22). The molecule has 1 unspecified atom stereocenters. The zero-order valence-electron chi connectivity index (χ0n) is 13.5. The first kappa shape index (κ1) is 17.3. The summed E-state index contributed by atoms with van der Waals surface area (Å²) in [5.41, 5.74) is 0.554. The minimum Gasteiger partial charge on any atom is -0.381 e.